The van der Waals surface area contributed by atoms with E-state index in [9.17, 15) is 0 Å². The monoisotopic (exact) mass is 209 g/mol. The Morgan fingerprint density at radius 2 is 2.00 bits per heavy atom. The average Bonchev–Trinajstić information content (AvgIpc) is 2.87. The van der Waals surface area contributed by atoms with Gasteiger partial charge in [0.1, 0.15) is 0 Å². The van der Waals surface area contributed by atoms with Crippen LogP contribution in [-0.2, 0) is 0 Å². The highest BCUT2D eigenvalue weighted by atomic mass is 16.3. The normalized spacial score (nSPS) is 49.6. The van der Waals surface area contributed by atoms with E-state index in [1.54, 1.807) is 0 Å². The highest BCUT2D eigenvalue weighted by molar-refractivity contribution is 5.05. The van der Waals surface area contributed by atoms with Gasteiger partial charge in [0, 0.05) is 12.1 Å². The third-order valence-corrected chi connectivity index (χ3v) is 5.20. The van der Waals surface area contributed by atoms with E-state index in [4.69, 9.17) is 5.11 Å². The van der Waals surface area contributed by atoms with Gasteiger partial charge in [0.05, 0.1) is 6.61 Å². The SMILES string of the molecule is CC(CO)NC1CC2CC1C1CCCC21. The van der Waals surface area contributed by atoms with Crippen LogP contribution in [-0.4, -0.2) is 23.8 Å². The van der Waals surface area contributed by atoms with E-state index in [1.807, 2.05) is 0 Å². The average molecular weight is 209 g/mol. The van der Waals surface area contributed by atoms with Crippen LogP contribution in [0.5, 0.6) is 0 Å². The van der Waals surface area contributed by atoms with Gasteiger partial charge < -0.3 is 10.4 Å². The summed E-state index contributed by atoms with van der Waals surface area (Å²) in [5.41, 5.74) is 0. The fourth-order valence-electron chi connectivity index (χ4n) is 4.68. The Morgan fingerprint density at radius 3 is 2.80 bits per heavy atom. The second kappa shape index (κ2) is 3.74. The molecule has 3 saturated carbocycles. The number of hydrogen-bond donors (Lipinski definition) is 2. The smallest absolute Gasteiger partial charge is 0.0582 e. The molecule has 86 valence electrons. The van der Waals surface area contributed by atoms with Gasteiger partial charge in [-0.15, -0.1) is 0 Å². The maximum absolute atomic E-state index is 9.09. The van der Waals surface area contributed by atoms with Gasteiger partial charge in [-0.1, -0.05) is 6.42 Å². The van der Waals surface area contributed by atoms with E-state index in [2.05, 4.69) is 12.2 Å². The number of fused-ring (bicyclic) bond motifs is 5. The van der Waals surface area contributed by atoms with Gasteiger partial charge in [-0.25, -0.2) is 0 Å². The van der Waals surface area contributed by atoms with Crippen LogP contribution in [0.15, 0.2) is 0 Å². The molecule has 0 aliphatic heterocycles. The highest BCUT2D eigenvalue weighted by Gasteiger charge is 2.53. The predicted octanol–water partition coefficient (Wildman–Crippen LogP) is 1.78. The van der Waals surface area contributed by atoms with Crippen LogP contribution < -0.4 is 5.32 Å². The maximum Gasteiger partial charge on any atom is 0.0582 e. The maximum atomic E-state index is 9.09. The minimum Gasteiger partial charge on any atom is -0.395 e. The first kappa shape index (κ1) is 10.1. The molecule has 2 heteroatoms. The molecule has 6 atom stereocenters. The molecule has 0 aromatic rings. The fraction of sp³-hybridized carbons (Fsp3) is 1.00. The molecule has 0 aromatic carbocycles. The second-order valence-corrected chi connectivity index (χ2v) is 6.01. The van der Waals surface area contributed by atoms with Crippen molar-refractivity contribution in [3.05, 3.63) is 0 Å². The third-order valence-electron chi connectivity index (χ3n) is 5.20. The largest absolute Gasteiger partial charge is 0.395 e. The Labute approximate surface area is 92.4 Å². The summed E-state index contributed by atoms with van der Waals surface area (Å²) in [6, 6.07) is 1.01. The van der Waals surface area contributed by atoms with Crippen LogP contribution in [0.3, 0.4) is 0 Å². The zero-order chi connectivity index (χ0) is 10.4. The summed E-state index contributed by atoms with van der Waals surface area (Å²) in [6.45, 7) is 2.38. The van der Waals surface area contributed by atoms with Crippen LogP contribution in [0.2, 0.25) is 0 Å². The van der Waals surface area contributed by atoms with E-state index in [-0.39, 0.29) is 12.6 Å². The molecule has 2 nitrogen and oxygen atoms in total. The lowest BCUT2D eigenvalue weighted by atomic mass is 9.79. The summed E-state index contributed by atoms with van der Waals surface area (Å²) >= 11 is 0. The van der Waals surface area contributed by atoms with Crippen LogP contribution in [0, 0.1) is 23.7 Å². The summed E-state index contributed by atoms with van der Waals surface area (Å²) in [6.07, 6.45) is 7.33. The van der Waals surface area contributed by atoms with E-state index < -0.39 is 0 Å². The van der Waals surface area contributed by atoms with Crippen molar-refractivity contribution in [2.45, 2.75) is 51.1 Å². The third kappa shape index (κ3) is 1.53. The van der Waals surface area contributed by atoms with E-state index in [1.165, 1.54) is 32.1 Å². The quantitative estimate of drug-likeness (QED) is 0.742. The van der Waals surface area contributed by atoms with Crippen LogP contribution >= 0.6 is 0 Å². The van der Waals surface area contributed by atoms with Crippen molar-refractivity contribution in [1.82, 2.24) is 5.32 Å². The van der Waals surface area contributed by atoms with Crippen molar-refractivity contribution in [1.29, 1.82) is 0 Å². The van der Waals surface area contributed by atoms with Crippen molar-refractivity contribution in [2.24, 2.45) is 23.7 Å². The van der Waals surface area contributed by atoms with Crippen LogP contribution in [0.25, 0.3) is 0 Å². The number of aliphatic hydroxyl groups excluding tert-OH is 1. The molecule has 0 aromatic heterocycles. The fourth-order valence-corrected chi connectivity index (χ4v) is 4.68. The molecule has 3 fully saturated rings. The zero-order valence-corrected chi connectivity index (χ0v) is 9.65. The lowest BCUT2D eigenvalue weighted by Crippen LogP contribution is -2.44. The van der Waals surface area contributed by atoms with E-state index in [0.717, 1.165) is 29.7 Å². The Morgan fingerprint density at radius 1 is 1.20 bits per heavy atom. The van der Waals surface area contributed by atoms with Crippen LogP contribution in [0.4, 0.5) is 0 Å². The summed E-state index contributed by atoms with van der Waals surface area (Å²) < 4.78 is 0. The molecule has 15 heavy (non-hydrogen) atoms. The van der Waals surface area contributed by atoms with Crippen molar-refractivity contribution in [2.75, 3.05) is 6.61 Å². The van der Waals surface area contributed by atoms with Crippen molar-refractivity contribution < 1.29 is 5.11 Å². The molecule has 0 amide bonds. The molecular weight excluding hydrogens is 186 g/mol. The first-order valence-electron chi connectivity index (χ1n) is 6.66. The Kier molecular flexibility index (Phi) is 2.52. The Bertz CT molecular complexity index is 243. The zero-order valence-electron chi connectivity index (χ0n) is 9.65. The number of hydrogen-bond acceptors (Lipinski definition) is 2. The van der Waals surface area contributed by atoms with Crippen LogP contribution in [0.1, 0.15) is 39.0 Å². The molecule has 3 aliphatic rings. The summed E-state index contributed by atoms with van der Waals surface area (Å²) in [7, 11) is 0. The molecule has 0 heterocycles. The number of nitrogens with one attached hydrogen (secondary N) is 1. The first-order valence-corrected chi connectivity index (χ1v) is 6.66. The molecule has 0 spiro atoms. The van der Waals surface area contributed by atoms with Gasteiger partial charge in [0.15, 0.2) is 0 Å². The summed E-state index contributed by atoms with van der Waals surface area (Å²) in [5, 5.41) is 12.7. The molecule has 6 unspecified atom stereocenters. The van der Waals surface area contributed by atoms with Crippen molar-refractivity contribution >= 4 is 0 Å². The molecule has 0 radical (unpaired) electrons. The van der Waals surface area contributed by atoms with E-state index in [0.29, 0.717) is 0 Å². The molecule has 2 bridgehead atoms. The lowest BCUT2D eigenvalue weighted by Gasteiger charge is -2.33. The Hall–Kier alpha value is -0.0800. The second-order valence-electron chi connectivity index (χ2n) is 6.01. The van der Waals surface area contributed by atoms with Gasteiger partial charge in [0.25, 0.3) is 0 Å². The molecule has 3 aliphatic carbocycles. The summed E-state index contributed by atoms with van der Waals surface area (Å²) in [4.78, 5) is 0. The van der Waals surface area contributed by atoms with Gasteiger partial charge in [-0.3, -0.25) is 0 Å². The highest BCUT2D eigenvalue weighted by Crippen LogP contribution is 2.58. The minimum absolute atomic E-state index is 0.280. The van der Waals surface area contributed by atoms with Gasteiger partial charge in [-0.05, 0) is 56.3 Å². The van der Waals surface area contributed by atoms with Gasteiger partial charge in [0.2, 0.25) is 0 Å². The van der Waals surface area contributed by atoms with Gasteiger partial charge in [-0.2, -0.15) is 0 Å². The first-order chi connectivity index (χ1) is 7.29. The van der Waals surface area contributed by atoms with E-state index >= 15 is 0 Å². The van der Waals surface area contributed by atoms with Crippen molar-refractivity contribution in [3.63, 3.8) is 0 Å². The minimum atomic E-state index is 0.280. The molecule has 3 rings (SSSR count). The number of aliphatic hydroxyl groups is 1. The molecular formula is C13H23NO. The van der Waals surface area contributed by atoms with Gasteiger partial charge >= 0.3 is 0 Å². The lowest BCUT2D eigenvalue weighted by molar-refractivity contribution is 0.176. The number of rotatable bonds is 3. The summed E-state index contributed by atoms with van der Waals surface area (Å²) in [5.74, 6) is 4.08. The Balaban J connectivity index is 1.65. The van der Waals surface area contributed by atoms with Crippen molar-refractivity contribution in [3.8, 4) is 0 Å². The standard InChI is InChI=1S/C13H23NO/c1-8(7-15)14-13-6-9-5-12(13)11-4-2-3-10(9)11/h8-15H,2-7H2,1H3. The topological polar surface area (TPSA) is 32.3 Å². The molecule has 2 N–H and O–H groups in total. The molecule has 0 saturated heterocycles. The predicted molar refractivity (Wildman–Crippen MR) is 60.5 cm³/mol.